The second-order valence-corrected chi connectivity index (χ2v) is 3.40. The fourth-order valence-electron chi connectivity index (χ4n) is 1.28. The third-order valence-electron chi connectivity index (χ3n) is 2.04. The van der Waals surface area contributed by atoms with Crippen molar-refractivity contribution in [2.45, 2.75) is 19.9 Å². The van der Waals surface area contributed by atoms with Gasteiger partial charge in [0.25, 0.3) is 0 Å². The summed E-state index contributed by atoms with van der Waals surface area (Å²) in [6.45, 7) is 3.66. The summed E-state index contributed by atoms with van der Waals surface area (Å²) in [7, 11) is 1.38. The molecule has 1 heterocycles. The van der Waals surface area contributed by atoms with Crippen LogP contribution in [0, 0.1) is 0 Å². The van der Waals surface area contributed by atoms with Gasteiger partial charge in [-0.05, 0) is 13.8 Å². The lowest BCUT2D eigenvalue weighted by Crippen LogP contribution is -2.19. The zero-order valence-electron chi connectivity index (χ0n) is 8.85. The number of rotatable bonds is 3. The van der Waals surface area contributed by atoms with E-state index >= 15 is 0 Å². The molecule has 15 heavy (non-hydrogen) atoms. The van der Waals surface area contributed by atoms with Crippen LogP contribution in [-0.2, 0) is 0 Å². The number of aromatic carboxylic acids is 1. The Hall–Kier alpha value is -1.78. The average Bonchev–Trinajstić information content (AvgIpc) is 2.16. The fraction of sp³-hybridized carbons (Fsp3) is 0.400. The lowest BCUT2D eigenvalue weighted by Gasteiger charge is -2.15. The maximum atomic E-state index is 11.3. The molecule has 1 aromatic heterocycles. The summed E-state index contributed by atoms with van der Waals surface area (Å²) in [5.74, 6) is -0.975. The summed E-state index contributed by atoms with van der Waals surface area (Å²) in [5, 5.41) is 8.90. The Morgan fingerprint density at radius 1 is 1.53 bits per heavy atom. The SMILES string of the molecule is COc1cn(C(C)C)c(C(=O)O)cc1=O. The van der Waals surface area contributed by atoms with Gasteiger partial charge in [-0.2, -0.15) is 0 Å². The lowest BCUT2D eigenvalue weighted by molar-refractivity contribution is 0.0682. The Morgan fingerprint density at radius 3 is 2.53 bits per heavy atom. The molecule has 0 saturated carbocycles. The first-order chi connectivity index (χ1) is 6.97. The fourth-order valence-corrected chi connectivity index (χ4v) is 1.28. The number of pyridine rings is 1. The van der Waals surface area contributed by atoms with Crippen molar-refractivity contribution in [2.24, 2.45) is 0 Å². The van der Waals surface area contributed by atoms with E-state index in [-0.39, 0.29) is 17.5 Å². The summed E-state index contributed by atoms with van der Waals surface area (Å²) < 4.78 is 6.33. The van der Waals surface area contributed by atoms with E-state index in [1.165, 1.54) is 17.9 Å². The molecular weight excluding hydrogens is 198 g/mol. The minimum absolute atomic E-state index is 0.0317. The van der Waals surface area contributed by atoms with Gasteiger partial charge in [-0.25, -0.2) is 4.79 Å². The molecule has 0 amide bonds. The Kier molecular flexibility index (Phi) is 3.14. The van der Waals surface area contributed by atoms with Crippen molar-refractivity contribution in [3.63, 3.8) is 0 Å². The van der Waals surface area contributed by atoms with Gasteiger partial charge in [0, 0.05) is 12.1 Å². The third kappa shape index (κ3) is 2.18. The minimum Gasteiger partial charge on any atom is -0.491 e. The Bertz CT molecular complexity index is 434. The smallest absolute Gasteiger partial charge is 0.352 e. The van der Waals surface area contributed by atoms with Crippen LogP contribution >= 0.6 is 0 Å². The topological polar surface area (TPSA) is 68.5 Å². The van der Waals surface area contributed by atoms with Crippen LogP contribution in [0.25, 0.3) is 0 Å². The molecule has 0 aliphatic heterocycles. The summed E-state index contributed by atoms with van der Waals surface area (Å²) >= 11 is 0. The van der Waals surface area contributed by atoms with Crippen LogP contribution in [0.15, 0.2) is 17.1 Å². The molecule has 1 N–H and O–H groups in total. The first-order valence-corrected chi connectivity index (χ1v) is 4.50. The summed E-state index contributed by atoms with van der Waals surface area (Å²) in [4.78, 5) is 22.2. The van der Waals surface area contributed by atoms with Crippen LogP contribution in [0.1, 0.15) is 30.4 Å². The van der Waals surface area contributed by atoms with Crippen LogP contribution in [-0.4, -0.2) is 22.8 Å². The first-order valence-electron chi connectivity index (χ1n) is 4.50. The third-order valence-corrected chi connectivity index (χ3v) is 2.04. The standard InChI is InChI=1S/C10H13NO4/c1-6(2)11-5-9(15-3)8(12)4-7(11)10(13)14/h4-6H,1-3H3,(H,13,14). The molecule has 1 aromatic rings. The van der Waals surface area contributed by atoms with Crippen molar-refractivity contribution in [2.75, 3.05) is 7.11 Å². The minimum atomic E-state index is -1.12. The van der Waals surface area contributed by atoms with E-state index < -0.39 is 11.4 Å². The van der Waals surface area contributed by atoms with Gasteiger partial charge in [0.2, 0.25) is 5.43 Å². The number of carbonyl (C=O) groups is 1. The normalized spacial score (nSPS) is 10.4. The van der Waals surface area contributed by atoms with Crippen molar-refractivity contribution in [1.29, 1.82) is 0 Å². The van der Waals surface area contributed by atoms with Crippen molar-refractivity contribution >= 4 is 5.97 Å². The molecule has 5 nitrogen and oxygen atoms in total. The number of nitrogens with zero attached hydrogens (tertiary/aromatic N) is 1. The van der Waals surface area contributed by atoms with Gasteiger partial charge in [0.05, 0.1) is 13.3 Å². The van der Waals surface area contributed by atoms with E-state index in [9.17, 15) is 9.59 Å². The molecule has 0 aliphatic rings. The highest BCUT2D eigenvalue weighted by Crippen LogP contribution is 2.12. The van der Waals surface area contributed by atoms with Gasteiger partial charge >= 0.3 is 5.97 Å². The maximum Gasteiger partial charge on any atom is 0.352 e. The summed E-state index contributed by atoms with van der Waals surface area (Å²) in [6, 6.07) is 1.02. The van der Waals surface area contributed by atoms with E-state index in [1.807, 2.05) is 13.8 Å². The molecule has 0 radical (unpaired) electrons. The molecule has 0 bridgehead atoms. The highest BCUT2D eigenvalue weighted by Gasteiger charge is 2.14. The van der Waals surface area contributed by atoms with E-state index in [2.05, 4.69) is 0 Å². The number of carboxylic acids is 1. The molecule has 0 unspecified atom stereocenters. The Labute approximate surface area is 86.9 Å². The maximum absolute atomic E-state index is 11.3. The molecule has 0 aromatic carbocycles. The molecule has 5 heteroatoms. The molecule has 0 aliphatic carbocycles. The summed E-state index contributed by atoms with van der Waals surface area (Å²) in [5.41, 5.74) is -0.456. The molecule has 0 spiro atoms. The van der Waals surface area contributed by atoms with Gasteiger partial charge in [-0.1, -0.05) is 0 Å². The molecular formula is C10H13NO4. The number of aromatic nitrogens is 1. The van der Waals surface area contributed by atoms with Gasteiger partial charge < -0.3 is 14.4 Å². The monoisotopic (exact) mass is 211 g/mol. The number of hydrogen-bond acceptors (Lipinski definition) is 3. The molecule has 82 valence electrons. The molecule has 1 rings (SSSR count). The van der Waals surface area contributed by atoms with Gasteiger partial charge in [-0.15, -0.1) is 0 Å². The van der Waals surface area contributed by atoms with Crippen LogP contribution in [0.4, 0.5) is 0 Å². The van der Waals surface area contributed by atoms with E-state index in [1.54, 1.807) is 0 Å². The average molecular weight is 211 g/mol. The first kappa shape index (κ1) is 11.3. The van der Waals surface area contributed by atoms with Crippen molar-refractivity contribution in [3.05, 3.63) is 28.2 Å². The van der Waals surface area contributed by atoms with Gasteiger partial charge in [-0.3, -0.25) is 4.79 Å². The highest BCUT2D eigenvalue weighted by molar-refractivity contribution is 5.85. The number of hydrogen-bond donors (Lipinski definition) is 1. The number of carboxylic acid groups (broad SMARTS) is 1. The lowest BCUT2D eigenvalue weighted by atomic mass is 10.2. The van der Waals surface area contributed by atoms with E-state index in [0.29, 0.717) is 0 Å². The molecule has 0 fully saturated rings. The van der Waals surface area contributed by atoms with Crippen LogP contribution in [0.3, 0.4) is 0 Å². The van der Waals surface area contributed by atoms with Crippen molar-refractivity contribution < 1.29 is 14.6 Å². The molecule has 0 atom stereocenters. The predicted molar refractivity (Wildman–Crippen MR) is 54.6 cm³/mol. The van der Waals surface area contributed by atoms with Gasteiger partial charge in [0.1, 0.15) is 5.69 Å². The Morgan fingerprint density at radius 2 is 2.13 bits per heavy atom. The quantitative estimate of drug-likeness (QED) is 0.813. The van der Waals surface area contributed by atoms with Crippen LogP contribution < -0.4 is 10.2 Å². The summed E-state index contributed by atoms with van der Waals surface area (Å²) in [6.07, 6.45) is 1.41. The molecule has 0 saturated heterocycles. The van der Waals surface area contributed by atoms with Crippen molar-refractivity contribution in [3.8, 4) is 5.75 Å². The zero-order valence-corrected chi connectivity index (χ0v) is 8.85. The number of methoxy groups -OCH3 is 1. The number of ether oxygens (including phenoxy) is 1. The second-order valence-electron chi connectivity index (χ2n) is 3.40. The Balaban J connectivity index is 3.46. The largest absolute Gasteiger partial charge is 0.491 e. The van der Waals surface area contributed by atoms with Gasteiger partial charge in [0.15, 0.2) is 5.75 Å². The van der Waals surface area contributed by atoms with E-state index in [0.717, 1.165) is 6.07 Å². The van der Waals surface area contributed by atoms with Crippen molar-refractivity contribution in [1.82, 2.24) is 4.57 Å². The predicted octanol–water partition coefficient (Wildman–Crippen LogP) is 1.14. The second kappa shape index (κ2) is 4.16. The van der Waals surface area contributed by atoms with E-state index in [4.69, 9.17) is 9.84 Å². The van der Waals surface area contributed by atoms with Crippen LogP contribution in [0.2, 0.25) is 0 Å². The van der Waals surface area contributed by atoms with Crippen LogP contribution in [0.5, 0.6) is 5.75 Å². The zero-order chi connectivity index (χ0) is 11.6. The highest BCUT2D eigenvalue weighted by atomic mass is 16.5.